The third-order valence-electron chi connectivity index (χ3n) is 4.51. The predicted molar refractivity (Wildman–Crippen MR) is 124 cm³/mol. The van der Waals surface area contributed by atoms with Gasteiger partial charge in [-0.05, 0) is 35.4 Å². The molecule has 1 amide bonds. The smallest absolute Gasteiger partial charge is 0.271 e. The molecule has 3 aromatic carbocycles. The number of nitriles is 1. The third-order valence-corrected chi connectivity index (χ3v) is 4.81. The van der Waals surface area contributed by atoms with Crippen LogP contribution < -0.4 is 14.8 Å². The van der Waals surface area contributed by atoms with Crippen molar-refractivity contribution in [3.05, 3.63) is 98.6 Å². The molecule has 0 saturated carbocycles. The lowest BCUT2D eigenvalue weighted by Crippen LogP contribution is -2.14. The SMILES string of the molecule is COc1ccc([N+](=O)[O-])cc1NC(=O)/C(C#N)=C/c1ccc(OCc2ccccc2)c(Cl)c1. The largest absolute Gasteiger partial charge is 0.495 e. The second kappa shape index (κ2) is 10.8. The van der Waals surface area contributed by atoms with E-state index in [1.54, 1.807) is 18.2 Å². The Hall–Kier alpha value is -4.35. The van der Waals surface area contributed by atoms with E-state index in [-0.39, 0.29) is 22.7 Å². The number of non-ortho nitro benzene ring substituents is 1. The lowest BCUT2D eigenvalue weighted by molar-refractivity contribution is -0.384. The molecule has 3 rings (SSSR count). The number of hydrogen-bond donors (Lipinski definition) is 1. The van der Waals surface area contributed by atoms with Gasteiger partial charge >= 0.3 is 0 Å². The number of nitrogens with zero attached hydrogens (tertiary/aromatic N) is 2. The lowest BCUT2D eigenvalue weighted by atomic mass is 10.1. The first-order chi connectivity index (χ1) is 15.9. The summed E-state index contributed by atoms with van der Waals surface area (Å²) in [7, 11) is 1.36. The van der Waals surface area contributed by atoms with Crippen molar-refractivity contribution in [1.29, 1.82) is 5.26 Å². The zero-order valence-electron chi connectivity index (χ0n) is 17.4. The van der Waals surface area contributed by atoms with Crippen molar-refractivity contribution in [2.45, 2.75) is 6.61 Å². The fourth-order valence-corrected chi connectivity index (χ4v) is 3.11. The fraction of sp³-hybridized carbons (Fsp3) is 0.0833. The maximum atomic E-state index is 12.6. The van der Waals surface area contributed by atoms with E-state index in [2.05, 4.69) is 5.32 Å². The molecule has 33 heavy (non-hydrogen) atoms. The first-order valence-corrected chi connectivity index (χ1v) is 10.0. The fourth-order valence-electron chi connectivity index (χ4n) is 2.87. The van der Waals surface area contributed by atoms with Gasteiger partial charge < -0.3 is 14.8 Å². The molecule has 0 heterocycles. The van der Waals surface area contributed by atoms with Crippen molar-refractivity contribution in [1.82, 2.24) is 0 Å². The molecular weight excluding hydrogens is 446 g/mol. The van der Waals surface area contributed by atoms with Crippen LogP contribution in [0, 0.1) is 21.4 Å². The zero-order valence-corrected chi connectivity index (χ0v) is 18.2. The van der Waals surface area contributed by atoms with Gasteiger partial charge in [0.05, 0.1) is 22.7 Å². The number of halogens is 1. The molecule has 8 nitrogen and oxygen atoms in total. The molecule has 0 aliphatic heterocycles. The highest BCUT2D eigenvalue weighted by molar-refractivity contribution is 6.32. The van der Waals surface area contributed by atoms with Crippen molar-refractivity contribution in [2.24, 2.45) is 0 Å². The quantitative estimate of drug-likeness (QED) is 0.207. The summed E-state index contributed by atoms with van der Waals surface area (Å²) in [4.78, 5) is 23.0. The standard InChI is InChI=1S/C24H18ClN3O5/c1-32-23-10-8-19(28(30)31)13-21(23)27-24(29)18(14-26)11-17-7-9-22(20(25)12-17)33-15-16-5-3-2-4-6-16/h2-13H,15H2,1H3,(H,27,29)/b18-11+. The Kier molecular flexibility index (Phi) is 7.63. The second-order valence-electron chi connectivity index (χ2n) is 6.73. The molecule has 0 atom stereocenters. The van der Waals surface area contributed by atoms with Gasteiger partial charge in [0, 0.05) is 12.1 Å². The Morgan fingerprint density at radius 2 is 1.88 bits per heavy atom. The Bertz CT molecular complexity index is 1250. The summed E-state index contributed by atoms with van der Waals surface area (Å²) in [6.07, 6.45) is 1.35. The van der Waals surface area contributed by atoms with Gasteiger partial charge in [0.2, 0.25) is 0 Å². The minimum atomic E-state index is -0.753. The van der Waals surface area contributed by atoms with Gasteiger partial charge in [-0.15, -0.1) is 0 Å². The maximum Gasteiger partial charge on any atom is 0.271 e. The van der Waals surface area contributed by atoms with E-state index in [1.165, 1.54) is 25.3 Å². The number of carbonyl (C=O) groups is 1. The van der Waals surface area contributed by atoms with Gasteiger partial charge in [-0.25, -0.2) is 0 Å². The summed E-state index contributed by atoms with van der Waals surface area (Å²) in [5, 5.41) is 23.3. The number of carbonyl (C=O) groups excluding carboxylic acids is 1. The molecular formula is C24H18ClN3O5. The number of rotatable bonds is 8. The topological polar surface area (TPSA) is 114 Å². The van der Waals surface area contributed by atoms with Crippen molar-refractivity contribution >= 4 is 35.0 Å². The molecule has 0 aliphatic carbocycles. The van der Waals surface area contributed by atoms with Crippen molar-refractivity contribution in [2.75, 3.05) is 12.4 Å². The molecule has 0 aromatic heterocycles. The maximum absolute atomic E-state index is 12.6. The van der Waals surface area contributed by atoms with Gasteiger partial charge in [0.1, 0.15) is 29.7 Å². The van der Waals surface area contributed by atoms with Gasteiger partial charge in [-0.2, -0.15) is 5.26 Å². The Balaban J connectivity index is 1.77. The van der Waals surface area contributed by atoms with E-state index < -0.39 is 10.8 Å². The highest BCUT2D eigenvalue weighted by Crippen LogP contribution is 2.30. The molecule has 1 N–H and O–H groups in total. The predicted octanol–water partition coefficient (Wildman–Crippen LogP) is 5.38. The molecule has 0 spiro atoms. The number of nitro benzene ring substituents is 1. The average Bonchev–Trinajstić information content (AvgIpc) is 2.82. The molecule has 0 aliphatic rings. The number of amides is 1. The lowest BCUT2D eigenvalue weighted by Gasteiger charge is -2.10. The molecule has 0 radical (unpaired) electrons. The summed E-state index contributed by atoms with van der Waals surface area (Å²) in [6, 6.07) is 20.1. The van der Waals surface area contributed by atoms with E-state index in [1.807, 2.05) is 36.4 Å². The first-order valence-electron chi connectivity index (χ1n) is 9.63. The van der Waals surface area contributed by atoms with Crippen LogP contribution in [-0.4, -0.2) is 17.9 Å². The van der Waals surface area contributed by atoms with E-state index in [9.17, 15) is 20.2 Å². The molecule has 3 aromatic rings. The number of hydrogen-bond acceptors (Lipinski definition) is 6. The first kappa shape index (κ1) is 23.3. The van der Waals surface area contributed by atoms with Crippen LogP contribution in [0.5, 0.6) is 11.5 Å². The van der Waals surface area contributed by atoms with Gasteiger partial charge in [-0.3, -0.25) is 14.9 Å². The monoisotopic (exact) mass is 463 g/mol. The number of methoxy groups -OCH3 is 1. The number of nitro groups is 1. The Morgan fingerprint density at radius 3 is 2.52 bits per heavy atom. The number of anilines is 1. The van der Waals surface area contributed by atoms with E-state index >= 15 is 0 Å². The van der Waals surface area contributed by atoms with Gasteiger partial charge in [-0.1, -0.05) is 48.0 Å². The molecule has 0 unspecified atom stereocenters. The van der Waals surface area contributed by atoms with Crippen LogP contribution in [0.3, 0.4) is 0 Å². The van der Waals surface area contributed by atoms with Crippen molar-refractivity contribution < 1.29 is 19.2 Å². The van der Waals surface area contributed by atoms with E-state index in [0.717, 1.165) is 11.6 Å². The molecule has 166 valence electrons. The van der Waals surface area contributed by atoms with Crippen LogP contribution in [0.25, 0.3) is 6.08 Å². The highest BCUT2D eigenvalue weighted by atomic mass is 35.5. The molecule has 0 fully saturated rings. The van der Waals surface area contributed by atoms with E-state index in [0.29, 0.717) is 22.9 Å². The number of nitrogens with one attached hydrogen (secondary N) is 1. The normalized spacial score (nSPS) is 10.8. The van der Waals surface area contributed by atoms with Crippen LogP contribution in [0.2, 0.25) is 5.02 Å². The van der Waals surface area contributed by atoms with Gasteiger partial charge in [0.15, 0.2) is 0 Å². The summed E-state index contributed by atoms with van der Waals surface area (Å²) in [5.74, 6) is -0.0759. The third kappa shape index (κ3) is 6.09. The number of ether oxygens (including phenoxy) is 2. The second-order valence-corrected chi connectivity index (χ2v) is 7.14. The molecule has 0 bridgehead atoms. The van der Waals surface area contributed by atoms with Crippen molar-refractivity contribution in [3.8, 4) is 17.6 Å². The Morgan fingerprint density at radius 1 is 1.15 bits per heavy atom. The van der Waals surface area contributed by atoms with Crippen molar-refractivity contribution in [3.63, 3.8) is 0 Å². The molecule has 9 heteroatoms. The van der Waals surface area contributed by atoms with Crippen LogP contribution in [0.15, 0.2) is 72.3 Å². The minimum absolute atomic E-state index is 0.0699. The minimum Gasteiger partial charge on any atom is -0.495 e. The zero-order chi connectivity index (χ0) is 23.8. The number of benzene rings is 3. The summed E-state index contributed by atoms with van der Waals surface area (Å²) in [5.41, 5.74) is 1.10. The Labute approximate surface area is 194 Å². The van der Waals surface area contributed by atoms with E-state index in [4.69, 9.17) is 21.1 Å². The summed E-state index contributed by atoms with van der Waals surface area (Å²) < 4.78 is 10.9. The van der Waals surface area contributed by atoms with Crippen LogP contribution in [0.4, 0.5) is 11.4 Å². The molecule has 0 saturated heterocycles. The van der Waals surface area contributed by atoms with Gasteiger partial charge in [0.25, 0.3) is 11.6 Å². The average molecular weight is 464 g/mol. The van der Waals surface area contributed by atoms with Crippen LogP contribution in [0.1, 0.15) is 11.1 Å². The summed E-state index contributed by atoms with van der Waals surface area (Å²) >= 11 is 6.30. The highest BCUT2D eigenvalue weighted by Gasteiger charge is 2.16. The summed E-state index contributed by atoms with van der Waals surface area (Å²) in [6.45, 7) is 0.340. The van der Waals surface area contributed by atoms with Crippen LogP contribution in [-0.2, 0) is 11.4 Å². The van der Waals surface area contributed by atoms with Crippen LogP contribution >= 0.6 is 11.6 Å².